The van der Waals surface area contributed by atoms with Gasteiger partial charge in [0.25, 0.3) is 0 Å². The van der Waals surface area contributed by atoms with Gasteiger partial charge in [-0.15, -0.1) is 0 Å². The minimum Gasteiger partial charge on any atom is -0.368 e. The molecule has 0 aromatic heterocycles. The topological polar surface area (TPSA) is 55.1 Å². The van der Waals surface area contributed by atoms with E-state index in [2.05, 4.69) is 5.32 Å². The molecule has 0 saturated carbocycles. The first kappa shape index (κ1) is 14.9. The zero-order valence-corrected chi connectivity index (χ0v) is 11.2. The first-order valence-corrected chi connectivity index (χ1v) is 6.11. The van der Waals surface area contributed by atoms with Crippen LogP contribution in [0.4, 0.5) is 18.9 Å². The second-order valence-electron chi connectivity index (χ2n) is 4.78. The molecule has 110 valence electrons. The second kappa shape index (κ2) is 5.47. The Morgan fingerprint density at radius 1 is 1.00 bits per heavy atom. The highest BCUT2D eigenvalue weighted by Gasteiger charge is 2.34. The first-order valence-electron chi connectivity index (χ1n) is 6.11. The molecule has 21 heavy (non-hydrogen) atoms. The van der Waals surface area contributed by atoms with E-state index in [0.29, 0.717) is 11.8 Å². The van der Waals surface area contributed by atoms with E-state index in [1.165, 1.54) is 31.2 Å². The van der Waals surface area contributed by atoms with Crippen molar-refractivity contribution in [3.05, 3.63) is 65.5 Å². The lowest BCUT2D eigenvalue weighted by molar-refractivity contribution is -0.122. The van der Waals surface area contributed by atoms with Crippen molar-refractivity contribution < 1.29 is 18.0 Å². The SMILES string of the molecule is CC(Nc1ccc(F)cc1)(C(N)=O)c1cc(F)cc(F)c1. The van der Waals surface area contributed by atoms with Crippen LogP contribution in [0.25, 0.3) is 0 Å². The molecular weight excluding hydrogens is 281 g/mol. The van der Waals surface area contributed by atoms with Gasteiger partial charge in [-0.05, 0) is 48.9 Å². The van der Waals surface area contributed by atoms with E-state index in [0.717, 1.165) is 12.1 Å². The summed E-state index contributed by atoms with van der Waals surface area (Å²) < 4.78 is 39.6. The number of hydrogen-bond acceptors (Lipinski definition) is 2. The van der Waals surface area contributed by atoms with E-state index < -0.39 is 28.9 Å². The number of rotatable bonds is 4. The molecule has 0 aliphatic carbocycles. The van der Waals surface area contributed by atoms with Crippen molar-refractivity contribution in [2.45, 2.75) is 12.5 Å². The molecule has 2 aromatic carbocycles. The summed E-state index contributed by atoms with van der Waals surface area (Å²) in [6.45, 7) is 1.40. The zero-order chi connectivity index (χ0) is 15.6. The minimum absolute atomic E-state index is 0.0387. The number of halogens is 3. The van der Waals surface area contributed by atoms with Gasteiger partial charge in [-0.3, -0.25) is 4.79 Å². The van der Waals surface area contributed by atoms with Crippen LogP contribution in [0, 0.1) is 17.5 Å². The van der Waals surface area contributed by atoms with Gasteiger partial charge < -0.3 is 11.1 Å². The van der Waals surface area contributed by atoms with E-state index in [1.54, 1.807) is 0 Å². The molecule has 1 amide bonds. The van der Waals surface area contributed by atoms with Crippen molar-refractivity contribution in [1.82, 2.24) is 0 Å². The Balaban J connectivity index is 2.44. The fourth-order valence-corrected chi connectivity index (χ4v) is 1.94. The van der Waals surface area contributed by atoms with Crippen LogP contribution in [0.5, 0.6) is 0 Å². The maximum atomic E-state index is 13.3. The maximum absolute atomic E-state index is 13.3. The molecule has 0 fully saturated rings. The molecule has 0 saturated heterocycles. The number of nitrogens with one attached hydrogen (secondary N) is 1. The summed E-state index contributed by atoms with van der Waals surface area (Å²) in [6, 6.07) is 7.90. The number of nitrogens with two attached hydrogens (primary N) is 1. The lowest BCUT2D eigenvalue weighted by Crippen LogP contribution is -2.45. The highest BCUT2D eigenvalue weighted by atomic mass is 19.1. The van der Waals surface area contributed by atoms with Gasteiger partial charge in [0.2, 0.25) is 5.91 Å². The third kappa shape index (κ3) is 3.16. The number of carbonyl (C=O) groups is 1. The van der Waals surface area contributed by atoms with Crippen LogP contribution in [-0.4, -0.2) is 5.91 Å². The Morgan fingerprint density at radius 2 is 1.52 bits per heavy atom. The van der Waals surface area contributed by atoms with Crippen LogP contribution in [0.3, 0.4) is 0 Å². The molecule has 2 rings (SSSR count). The highest BCUT2D eigenvalue weighted by Crippen LogP contribution is 2.27. The number of amides is 1. The summed E-state index contributed by atoms with van der Waals surface area (Å²) in [6.07, 6.45) is 0. The van der Waals surface area contributed by atoms with Crippen molar-refractivity contribution in [3.63, 3.8) is 0 Å². The lowest BCUT2D eigenvalue weighted by Gasteiger charge is -2.29. The average molecular weight is 294 g/mol. The Morgan fingerprint density at radius 3 is 2.00 bits per heavy atom. The Hall–Kier alpha value is -2.50. The average Bonchev–Trinajstić information content (AvgIpc) is 2.40. The largest absolute Gasteiger partial charge is 0.368 e. The molecule has 0 radical (unpaired) electrons. The van der Waals surface area contributed by atoms with E-state index >= 15 is 0 Å². The molecule has 0 bridgehead atoms. The van der Waals surface area contributed by atoms with Crippen LogP contribution in [0.1, 0.15) is 12.5 Å². The molecule has 0 aliphatic rings. The van der Waals surface area contributed by atoms with Crippen LogP contribution >= 0.6 is 0 Å². The van der Waals surface area contributed by atoms with Gasteiger partial charge in [-0.2, -0.15) is 0 Å². The van der Waals surface area contributed by atoms with Crippen molar-refractivity contribution in [2.75, 3.05) is 5.32 Å². The molecule has 1 atom stereocenters. The van der Waals surface area contributed by atoms with Gasteiger partial charge in [0.05, 0.1) is 0 Å². The number of anilines is 1. The van der Waals surface area contributed by atoms with Crippen LogP contribution < -0.4 is 11.1 Å². The van der Waals surface area contributed by atoms with Crippen molar-refractivity contribution in [3.8, 4) is 0 Å². The Bertz CT molecular complexity index is 653. The standard InChI is InChI=1S/C15H13F3N2O/c1-15(14(19)21,9-6-11(17)8-12(18)7-9)20-13-4-2-10(16)3-5-13/h2-8,20H,1H3,(H2,19,21). The molecule has 3 nitrogen and oxygen atoms in total. The summed E-state index contributed by atoms with van der Waals surface area (Å²) in [5, 5.41) is 2.78. The number of benzene rings is 2. The third-order valence-corrected chi connectivity index (χ3v) is 3.17. The molecule has 2 aromatic rings. The number of hydrogen-bond donors (Lipinski definition) is 2. The fourth-order valence-electron chi connectivity index (χ4n) is 1.94. The smallest absolute Gasteiger partial charge is 0.247 e. The zero-order valence-electron chi connectivity index (χ0n) is 11.2. The summed E-state index contributed by atoms with van der Waals surface area (Å²) in [4.78, 5) is 11.8. The lowest BCUT2D eigenvalue weighted by atomic mass is 9.90. The summed E-state index contributed by atoms with van der Waals surface area (Å²) in [5.41, 5.74) is 4.25. The van der Waals surface area contributed by atoms with Crippen LogP contribution in [0.2, 0.25) is 0 Å². The summed E-state index contributed by atoms with van der Waals surface area (Å²) in [7, 11) is 0. The second-order valence-corrected chi connectivity index (χ2v) is 4.78. The van der Waals surface area contributed by atoms with Gasteiger partial charge in [0.15, 0.2) is 0 Å². The molecule has 0 heterocycles. The van der Waals surface area contributed by atoms with Gasteiger partial charge >= 0.3 is 0 Å². The quantitative estimate of drug-likeness (QED) is 0.911. The summed E-state index contributed by atoms with van der Waals surface area (Å²) in [5.74, 6) is -2.91. The van der Waals surface area contributed by atoms with E-state index in [-0.39, 0.29) is 5.56 Å². The maximum Gasteiger partial charge on any atom is 0.247 e. The molecular formula is C15H13F3N2O. The number of primary amides is 1. The van der Waals surface area contributed by atoms with Gasteiger partial charge in [-0.1, -0.05) is 0 Å². The molecule has 0 aliphatic heterocycles. The van der Waals surface area contributed by atoms with Crippen molar-refractivity contribution >= 4 is 11.6 Å². The van der Waals surface area contributed by atoms with E-state index in [9.17, 15) is 18.0 Å². The molecule has 0 spiro atoms. The fraction of sp³-hybridized carbons (Fsp3) is 0.133. The third-order valence-electron chi connectivity index (χ3n) is 3.17. The van der Waals surface area contributed by atoms with Crippen LogP contribution in [-0.2, 0) is 10.3 Å². The van der Waals surface area contributed by atoms with Crippen LogP contribution in [0.15, 0.2) is 42.5 Å². The van der Waals surface area contributed by atoms with E-state index in [4.69, 9.17) is 5.73 Å². The minimum atomic E-state index is -1.54. The predicted octanol–water partition coefficient (Wildman–Crippen LogP) is 2.92. The first-order chi connectivity index (χ1) is 9.81. The normalized spacial score (nSPS) is 13.5. The Kier molecular flexibility index (Phi) is 3.88. The van der Waals surface area contributed by atoms with Gasteiger partial charge in [-0.25, -0.2) is 13.2 Å². The van der Waals surface area contributed by atoms with E-state index in [1.807, 2.05) is 0 Å². The highest BCUT2D eigenvalue weighted by molar-refractivity contribution is 5.89. The van der Waals surface area contributed by atoms with Gasteiger partial charge in [0.1, 0.15) is 23.0 Å². The Labute approximate surface area is 119 Å². The van der Waals surface area contributed by atoms with Crippen molar-refractivity contribution in [1.29, 1.82) is 0 Å². The molecule has 3 N–H and O–H groups in total. The monoisotopic (exact) mass is 294 g/mol. The van der Waals surface area contributed by atoms with Crippen molar-refractivity contribution in [2.24, 2.45) is 5.73 Å². The number of carbonyl (C=O) groups excluding carboxylic acids is 1. The summed E-state index contributed by atoms with van der Waals surface area (Å²) >= 11 is 0. The van der Waals surface area contributed by atoms with Gasteiger partial charge in [0, 0.05) is 11.8 Å². The predicted molar refractivity (Wildman–Crippen MR) is 72.9 cm³/mol. The molecule has 6 heteroatoms. The molecule has 1 unspecified atom stereocenters.